The molecule has 1 saturated heterocycles. The number of hydrogen-bond donors (Lipinski definition) is 0. The second kappa shape index (κ2) is 8.94. The molecule has 0 saturated carbocycles. The number of anilines is 1. The summed E-state index contributed by atoms with van der Waals surface area (Å²) in [4.78, 5) is 23.5. The van der Waals surface area contributed by atoms with E-state index in [1.165, 1.54) is 4.88 Å². The summed E-state index contributed by atoms with van der Waals surface area (Å²) < 4.78 is 7.55. The Kier molecular flexibility index (Phi) is 5.64. The molecule has 0 spiro atoms. The van der Waals surface area contributed by atoms with Gasteiger partial charge in [-0.2, -0.15) is 0 Å². The lowest BCUT2D eigenvalue weighted by atomic mass is 10.1. The van der Waals surface area contributed by atoms with E-state index in [9.17, 15) is 4.79 Å². The number of carbonyl (C=O) groups excluding carboxylic acids is 1. The molecular weight excluding hydrogens is 468 g/mol. The van der Waals surface area contributed by atoms with Gasteiger partial charge < -0.3 is 19.1 Å². The first-order chi connectivity index (χ1) is 16.7. The maximum Gasteiger partial charge on any atom is 0.254 e. The smallest absolute Gasteiger partial charge is 0.254 e. The molecule has 8 nitrogen and oxygen atoms in total. The second-order valence-electron chi connectivity index (χ2n) is 8.38. The zero-order chi connectivity index (χ0) is 23.1. The third-order valence-electron chi connectivity index (χ3n) is 6.39. The van der Waals surface area contributed by atoms with Crippen molar-refractivity contribution >= 4 is 33.7 Å². The molecule has 0 aliphatic carbocycles. The highest BCUT2D eigenvalue weighted by Crippen LogP contribution is 2.32. The zero-order valence-corrected chi connectivity index (χ0v) is 20.4. The van der Waals surface area contributed by atoms with Crippen LogP contribution in [0.1, 0.15) is 29.1 Å². The molecule has 0 bridgehead atoms. The van der Waals surface area contributed by atoms with E-state index < -0.39 is 0 Å². The van der Waals surface area contributed by atoms with Crippen molar-refractivity contribution in [3.8, 4) is 22.0 Å². The standard InChI is InChI=1S/C24H24N6O2S2/c1-16-21-26-27-22(19-15-34-24(25-19)28-10-12-32-13-11-28)30(21)9-8-29(16)23(31)18-6-4-17(5-7-18)20-3-2-14-33-20/h2-7,14-16H,8-13H2,1H3/t16-/m1/s1. The van der Waals surface area contributed by atoms with Crippen molar-refractivity contribution in [1.29, 1.82) is 0 Å². The highest BCUT2D eigenvalue weighted by molar-refractivity contribution is 7.14. The van der Waals surface area contributed by atoms with E-state index in [0.717, 1.165) is 54.3 Å². The fourth-order valence-corrected chi connectivity index (χ4v) is 6.10. The Hall–Kier alpha value is -3.08. The second-order valence-corrected chi connectivity index (χ2v) is 10.2. The highest BCUT2D eigenvalue weighted by Gasteiger charge is 2.32. The van der Waals surface area contributed by atoms with Crippen LogP contribution in [-0.4, -0.2) is 63.4 Å². The minimum atomic E-state index is -0.170. The van der Waals surface area contributed by atoms with E-state index in [-0.39, 0.29) is 11.9 Å². The van der Waals surface area contributed by atoms with Crippen molar-refractivity contribution in [2.45, 2.75) is 19.5 Å². The van der Waals surface area contributed by atoms with Crippen LogP contribution in [0.4, 0.5) is 5.13 Å². The first kappa shape index (κ1) is 21.5. The minimum Gasteiger partial charge on any atom is -0.378 e. The van der Waals surface area contributed by atoms with Crippen LogP contribution in [0, 0.1) is 0 Å². The lowest BCUT2D eigenvalue weighted by molar-refractivity contribution is 0.0638. The molecular formula is C24H24N6O2S2. The molecule has 10 heteroatoms. The van der Waals surface area contributed by atoms with E-state index >= 15 is 0 Å². The van der Waals surface area contributed by atoms with Gasteiger partial charge in [0.1, 0.15) is 5.69 Å². The van der Waals surface area contributed by atoms with E-state index in [2.05, 4.69) is 31.1 Å². The van der Waals surface area contributed by atoms with E-state index in [1.807, 2.05) is 47.5 Å². The number of ether oxygens (including phenoxy) is 1. The number of rotatable bonds is 4. The Morgan fingerprint density at radius 2 is 1.85 bits per heavy atom. The highest BCUT2D eigenvalue weighted by atomic mass is 32.1. The summed E-state index contributed by atoms with van der Waals surface area (Å²) in [5, 5.41) is 14.0. The van der Waals surface area contributed by atoms with Crippen molar-refractivity contribution in [1.82, 2.24) is 24.6 Å². The minimum absolute atomic E-state index is 0.0179. The molecule has 2 aliphatic rings. The van der Waals surface area contributed by atoms with Crippen molar-refractivity contribution < 1.29 is 9.53 Å². The average Bonchev–Trinajstić information content (AvgIpc) is 3.65. The summed E-state index contributed by atoms with van der Waals surface area (Å²) in [6.45, 7) is 6.43. The number of benzene rings is 1. The van der Waals surface area contributed by atoms with Crippen molar-refractivity contribution in [3.63, 3.8) is 0 Å². The summed E-state index contributed by atoms with van der Waals surface area (Å²) in [5.41, 5.74) is 2.65. The summed E-state index contributed by atoms with van der Waals surface area (Å²) in [5.74, 6) is 1.58. The summed E-state index contributed by atoms with van der Waals surface area (Å²) in [6.07, 6.45) is 0. The Labute approximate surface area is 205 Å². The first-order valence-corrected chi connectivity index (χ1v) is 13.1. The molecule has 174 valence electrons. The summed E-state index contributed by atoms with van der Waals surface area (Å²) >= 11 is 3.32. The van der Waals surface area contributed by atoms with Crippen LogP contribution in [0.5, 0.6) is 0 Å². The molecule has 1 atom stereocenters. The average molecular weight is 493 g/mol. The van der Waals surface area contributed by atoms with Gasteiger partial charge in [0, 0.05) is 42.0 Å². The Morgan fingerprint density at radius 1 is 1.03 bits per heavy atom. The third kappa shape index (κ3) is 3.81. The molecule has 0 unspecified atom stereocenters. The topological polar surface area (TPSA) is 76.4 Å². The van der Waals surface area contributed by atoms with Crippen LogP contribution in [0.15, 0.2) is 47.2 Å². The van der Waals surface area contributed by atoms with Gasteiger partial charge in [-0.15, -0.1) is 32.9 Å². The van der Waals surface area contributed by atoms with Crippen LogP contribution in [0.3, 0.4) is 0 Å². The molecule has 0 radical (unpaired) electrons. The first-order valence-electron chi connectivity index (χ1n) is 11.4. The molecule has 4 aromatic rings. The maximum atomic E-state index is 13.3. The van der Waals surface area contributed by atoms with Gasteiger partial charge in [-0.25, -0.2) is 4.98 Å². The number of aromatic nitrogens is 4. The van der Waals surface area contributed by atoms with Gasteiger partial charge in [-0.1, -0.05) is 18.2 Å². The fraction of sp³-hybridized carbons (Fsp3) is 0.333. The number of hydrogen-bond acceptors (Lipinski definition) is 8. The molecule has 3 aromatic heterocycles. The van der Waals surface area contributed by atoms with Gasteiger partial charge >= 0.3 is 0 Å². The van der Waals surface area contributed by atoms with E-state index in [0.29, 0.717) is 18.7 Å². The lowest BCUT2D eigenvalue weighted by Crippen LogP contribution is -2.41. The quantitative estimate of drug-likeness (QED) is 0.425. The molecule has 1 fully saturated rings. The molecule has 2 aliphatic heterocycles. The van der Waals surface area contributed by atoms with Crippen LogP contribution >= 0.6 is 22.7 Å². The maximum absolute atomic E-state index is 13.3. The number of carbonyl (C=O) groups is 1. The van der Waals surface area contributed by atoms with Crippen molar-refractivity contribution in [2.24, 2.45) is 0 Å². The lowest BCUT2D eigenvalue weighted by Gasteiger charge is -2.33. The number of morpholine rings is 1. The zero-order valence-electron chi connectivity index (χ0n) is 18.8. The monoisotopic (exact) mass is 492 g/mol. The summed E-state index contributed by atoms with van der Waals surface area (Å²) in [6, 6.07) is 11.8. The van der Waals surface area contributed by atoms with E-state index in [4.69, 9.17) is 9.72 Å². The van der Waals surface area contributed by atoms with E-state index in [1.54, 1.807) is 22.7 Å². The van der Waals surface area contributed by atoms with Gasteiger partial charge in [0.2, 0.25) is 0 Å². The van der Waals surface area contributed by atoms with Gasteiger partial charge in [0.25, 0.3) is 5.91 Å². The van der Waals surface area contributed by atoms with Gasteiger partial charge in [0.15, 0.2) is 16.8 Å². The number of nitrogens with zero attached hydrogens (tertiary/aromatic N) is 6. The number of amides is 1. The molecule has 0 N–H and O–H groups in total. The third-order valence-corrected chi connectivity index (χ3v) is 8.21. The van der Waals surface area contributed by atoms with Crippen LogP contribution < -0.4 is 4.90 Å². The number of thiazole rings is 1. The molecule has 5 heterocycles. The van der Waals surface area contributed by atoms with Crippen LogP contribution in [-0.2, 0) is 11.3 Å². The molecule has 1 amide bonds. The Balaban J connectivity index is 1.21. The summed E-state index contributed by atoms with van der Waals surface area (Å²) in [7, 11) is 0. The predicted octanol–water partition coefficient (Wildman–Crippen LogP) is 4.18. The van der Waals surface area contributed by atoms with Gasteiger partial charge in [0.05, 0.1) is 19.3 Å². The van der Waals surface area contributed by atoms with Gasteiger partial charge in [-0.3, -0.25) is 4.79 Å². The van der Waals surface area contributed by atoms with Crippen LogP contribution in [0.2, 0.25) is 0 Å². The Bertz CT molecular complexity index is 1290. The fourth-order valence-electron chi connectivity index (χ4n) is 4.50. The van der Waals surface area contributed by atoms with Crippen molar-refractivity contribution in [2.75, 3.05) is 37.7 Å². The SMILES string of the molecule is C[C@@H]1c2nnc(-c3csc(N4CCOCC4)n3)n2CCN1C(=O)c1ccc(-c2cccs2)cc1. The van der Waals surface area contributed by atoms with Crippen LogP contribution in [0.25, 0.3) is 22.0 Å². The molecule has 34 heavy (non-hydrogen) atoms. The normalized spacial score (nSPS) is 18.2. The number of thiophene rings is 1. The molecule has 6 rings (SSSR count). The number of fused-ring (bicyclic) bond motifs is 1. The van der Waals surface area contributed by atoms with Crippen molar-refractivity contribution in [3.05, 3.63) is 58.5 Å². The Morgan fingerprint density at radius 3 is 2.62 bits per heavy atom. The largest absolute Gasteiger partial charge is 0.378 e. The van der Waals surface area contributed by atoms with Gasteiger partial charge in [-0.05, 0) is 36.1 Å². The predicted molar refractivity (Wildman–Crippen MR) is 133 cm³/mol. The molecule has 1 aromatic carbocycles.